The molecule has 1 atom stereocenters. The molecule has 0 aromatic heterocycles. The summed E-state index contributed by atoms with van der Waals surface area (Å²) in [5.41, 5.74) is 0.819. The third-order valence-corrected chi connectivity index (χ3v) is 4.85. The highest BCUT2D eigenvalue weighted by molar-refractivity contribution is 6.30. The van der Waals surface area contributed by atoms with Crippen LogP contribution >= 0.6 is 0 Å². The number of aliphatic hydroxyl groups excluding tert-OH is 1. The van der Waals surface area contributed by atoms with Crippen LogP contribution in [0.4, 0.5) is 5.69 Å². The summed E-state index contributed by atoms with van der Waals surface area (Å²) in [5, 5.41) is 14.3. The number of β-amino-alcohol motifs (C(OH)–C–C–N with tert-alkyl or cyclic N) is 1. The zero-order valence-corrected chi connectivity index (χ0v) is 14.6. The summed E-state index contributed by atoms with van der Waals surface area (Å²) in [5.74, 6) is -2.92. The topological polar surface area (TPSA) is 102 Å². The van der Waals surface area contributed by atoms with Crippen LogP contribution in [0.2, 0.25) is 0 Å². The number of aliphatic hydroxyl groups is 1. The molecule has 2 aliphatic heterocycles. The lowest BCUT2D eigenvalue weighted by Gasteiger charge is -2.34. The molecule has 140 valence electrons. The highest BCUT2D eigenvalue weighted by Crippen LogP contribution is 2.25. The van der Waals surface area contributed by atoms with Crippen LogP contribution in [0.15, 0.2) is 24.3 Å². The summed E-state index contributed by atoms with van der Waals surface area (Å²) < 4.78 is 0. The van der Waals surface area contributed by atoms with Gasteiger partial charge in [0.05, 0.1) is 12.3 Å². The maximum absolute atomic E-state index is 12.5. The van der Waals surface area contributed by atoms with Crippen LogP contribution in [0.25, 0.3) is 0 Å². The SMILES string of the molecule is O=C(NCCN1CCN(CCO)CC1)C1C(=O)Nc2ccccc2C1=O. The number of nitrogens with zero attached hydrogens (tertiary/aromatic N) is 2. The molecule has 0 saturated carbocycles. The van der Waals surface area contributed by atoms with Crippen molar-refractivity contribution in [1.29, 1.82) is 0 Å². The predicted octanol–water partition coefficient (Wildman–Crippen LogP) is -0.836. The molecule has 1 aromatic rings. The van der Waals surface area contributed by atoms with Crippen LogP contribution in [0.1, 0.15) is 10.4 Å². The molecule has 2 heterocycles. The molecular formula is C18H24N4O4. The predicted molar refractivity (Wildman–Crippen MR) is 95.9 cm³/mol. The minimum absolute atomic E-state index is 0.163. The number of carbonyl (C=O) groups excluding carboxylic acids is 3. The standard InChI is InChI=1S/C18H24N4O4/c23-12-11-22-9-7-21(8-10-22)6-5-19-17(25)15-16(24)13-3-1-2-4-14(13)20-18(15)26/h1-4,15,23H,5-12H2,(H,19,25)(H,20,26). The first-order valence-electron chi connectivity index (χ1n) is 8.87. The zero-order chi connectivity index (χ0) is 18.5. The number of rotatable bonds is 6. The fourth-order valence-electron chi connectivity index (χ4n) is 3.34. The lowest BCUT2D eigenvalue weighted by atomic mass is 9.91. The fourth-order valence-corrected chi connectivity index (χ4v) is 3.34. The minimum atomic E-state index is -1.33. The molecular weight excluding hydrogens is 336 g/mol. The van der Waals surface area contributed by atoms with Crippen molar-refractivity contribution < 1.29 is 19.5 Å². The average molecular weight is 360 g/mol. The van der Waals surface area contributed by atoms with Crippen molar-refractivity contribution in [2.24, 2.45) is 5.92 Å². The van der Waals surface area contributed by atoms with E-state index in [2.05, 4.69) is 20.4 Å². The Kier molecular flexibility index (Phi) is 5.97. The van der Waals surface area contributed by atoms with Gasteiger partial charge in [-0.3, -0.25) is 24.2 Å². The molecule has 1 saturated heterocycles. The lowest BCUT2D eigenvalue weighted by molar-refractivity contribution is -0.130. The van der Waals surface area contributed by atoms with Crippen molar-refractivity contribution in [3.63, 3.8) is 0 Å². The van der Waals surface area contributed by atoms with Crippen LogP contribution in [0.5, 0.6) is 0 Å². The number of anilines is 1. The van der Waals surface area contributed by atoms with E-state index in [4.69, 9.17) is 5.11 Å². The molecule has 1 fully saturated rings. The zero-order valence-electron chi connectivity index (χ0n) is 14.6. The Morgan fingerprint density at radius 3 is 2.46 bits per heavy atom. The van der Waals surface area contributed by atoms with E-state index >= 15 is 0 Å². The van der Waals surface area contributed by atoms with E-state index in [0.717, 1.165) is 26.2 Å². The number of piperazine rings is 1. The molecule has 3 rings (SSSR count). The van der Waals surface area contributed by atoms with E-state index < -0.39 is 23.5 Å². The first kappa shape index (κ1) is 18.5. The first-order valence-corrected chi connectivity index (χ1v) is 8.87. The maximum Gasteiger partial charge on any atom is 0.244 e. The molecule has 26 heavy (non-hydrogen) atoms. The molecule has 2 amide bonds. The fraction of sp³-hybridized carbons (Fsp3) is 0.500. The van der Waals surface area contributed by atoms with Gasteiger partial charge in [0.25, 0.3) is 0 Å². The van der Waals surface area contributed by atoms with E-state index in [0.29, 0.717) is 30.9 Å². The summed E-state index contributed by atoms with van der Waals surface area (Å²) >= 11 is 0. The van der Waals surface area contributed by atoms with Crippen molar-refractivity contribution in [2.75, 3.05) is 57.7 Å². The van der Waals surface area contributed by atoms with Gasteiger partial charge in [0.2, 0.25) is 11.8 Å². The van der Waals surface area contributed by atoms with Gasteiger partial charge >= 0.3 is 0 Å². The molecule has 0 aliphatic carbocycles. The highest BCUT2D eigenvalue weighted by Gasteiger charge is 2.39. The van der Waals surface area contributed by atoms with Crippen molar-refractivity contribution in [3.05, 3.63) is 29.8 Å². The Morgan fingerprint density at radius 2 is 1.77 bits per heavy atom. The number of hydrogen-bond acceptors (Lipinski definition) is 6. The molecule has 1 unspecified atom stereocenters. The van der Waals surface area contributed by atoms with Crippen molar-refractivity contribution >= 4 is 23.3 Å². The second kappa shape index (κ2) is 8.39. The van der Waals surface area contributed by atoms with Gasteiger partial charge in [0.1, 0.15) is 0 Å². The van der Waals surface area contributed by atoms with Crippen molar-refractivity contribution in [2.45, 2.75) is 0 Å². The monoisotopic (exact) mass is 360 g/mol. The normalized spacial score (nSPS) is 21.2. The number of amides is 2. The second-order valence-electron chi connectivity index (χ2n) is 6.53. The third kappa shape index (κ3) is 4.09. The number of fused-ring (bicyclic) bond motifs is 1. The number of para-hydroxylation sites is 1. The van der Waals surface area contributed by atoms with Crippen LogP contribution in [-0.4, -0.2) is 84.9 Å². The average Bonchev–Trinajstić information content (AvgIpc) is 2.63. The Labute approximate surface area is 152 Å². The quantitative estimate of drug-likeness (QED) is 0.572. The smallest absolute Gasteiger partial charge is 0.244 e. The van der Waals surface area contributed by atoms with E-state index in [1.807, 2.05) is 0 Å². The van der Waals surface area contributed by atoms with Gasteiger partial charge < -0.3 is 15.7 Å². The van der Waals surface area contributed by atoms with Crippen LogP contribution in [0, 0.1) is 5.92 Å². The van der Waals surface area contributed by atoms with Crippen LogP contribution < -0.4 is 10.6 Å². The van der Waals surface area contributed by atoms with Crippen molar-refractivity contribution in [1.82, 2.24) is 15.1 Å². The first-order chi connectivity index (χ1) is 12.6. The number of benzene rings is 1. The number of hydrogen-bond donors (Lipinski definition) is 3. The van der Waals surface area contributed by atoms with Crippen LogP contribution in [0.3, 0.4) is 0 Å². The molecule has 0 bridgehead atoms. The Morgan fingerprint density at radius 1 is 1.12 bits per heavy atom. The summed E-state index contributed by atoms with van der Waals surface area (Å²) in [6, 6.07) is 6.70. The summed E-state index contributed by atoms with van der Waals surface area (Å²) in [7, 11) is 0. The van der Waals surface area contributed by atoms with E-state index in [1.54, 1.807) is 24.3 Å². The molecule has 2 aliphatic rings. The number of carbonyl (C=O) groups is 3. The summed E-state index contributed by atoms with van der Waals surface area (Å²) in [6.07, 6.45) is 0. The van der Waals surface area contributed by atoms with E-state index in [1.165, 1.54) is 0 Å². The summed E-state index contributed by atoms with van der Waals surface area (Å²) in [6.45, 7) is 5.40. The van der Waals surface area contributed by atoms with Gasteiger partial charge in [-0.25, -0.2) is 0 Å². The maximum atomic E-state index is 12.5. The second-order valence-corrected chi connectivity index (χ2v) is 6.53. The Balaban J connectivity index is 1.48. The van der Waals surface area contributed by atoms with Gasteiger partial charge in [-0.1, -0.05) is 12.1 Å². The molecule has 3 N–H and O–H groups in total. The number of Topliss-reactive ketones (excluding diaryl/α,β-unsaturated/α-hetero) is 1. The van der Waals surface area contributed by atoms with Gasteiger partial charge in [-0.05, 0) is 12.1 Å². The number of nitrogens with one attached hydrogen (secondary N) is 2. The minimum Gasteiger partial charge on any atom is -0.395 e. The largest absolute Gasteiger partial charge is 0.395 e. The van der Waals surface area contributed by atoms with E-state index in [9.17, 15) is 14.4 Å². The van der Waals surface area contributed by atoms with Crippen molar-refractivity contribution in [3.8, 4) is 0 Å². The highest BCUT2D eigenvalue weighted by atomic mass is 16.3. The third-order valence-electron chi connectivity index (χ3n) is 4.85. The van der Waals surface area contributed by atoms with E-state index in [-0.39, 0.29) is 6.61 Å². The Bertz CT molecular complexity index is 686. The molecule has 0 spiro atoms. The van der Waals surface area contributed by atoms with Gasteiger partial charge in [0.15, 0.2) is 11.7 Å². The molecule has 8 nitrogen and oxygen atoms in total. The van der Waals surface area contributed by atoms with Crippen LogP contribution in [-0.2, 0) is 9.59 Å². The lowest BCUT2D eigenvalue weighted by Crippen LogP contribution is -2.50. The molecule has 8 heteroatoms. The van der Waals surface area contributed by atoms with Gasteiger partial charge in [-0.2, -0.15) is 0 Å². The number of ketones is 1. The van der Waals surface area contributed by atoms with Gasteiger partial charge in [-0.15, -0.1) is 0 Å². The van der Waals surface area contributed by atoms with Gasteiger partial charge in [0, 0.05) is 51.4 Å². The Hall–Kier alpha value is -2.29. The molecule has 1 aromatic carbocycles. The molecule has 0 radical (unpaired) electrons. The summed E-state index contributed by atoms with van der Waals surface area (Å²) in [4.78, 5) is 41.4.